The lowest BCUT2D eigenvalue weighted by molar-refractivity contribution is -0.122. The van der Waals surface area contributed by atoms with Crippen LogP contribution in [0.5, 0.6) is 5.75 Å². The molecular weight excluding hydrogens is 338 g/mol. The van der Waals surface area contributed by atoms with Crippen LogP contribution in [0.2, 0.25) is 0 Å². The third-order valence-corrected chi connectivity index (χ3v) is 4.93. The molecule has 1 aliphatic heterocycles. The number of nitrogens with one attached hydrogen (secondary N) is 1. The van der Waals surface area contributed by atoms with E-state index in [1.54, 1.807) is 0 Å². The van der Waals surface area contributed by atoms with Crippen LogP contribution >= 0.6 is 0 Å². The molecule has 0 radical (unpaired) electrons. The van der Waals surface area contributed by atoms with Crippen LogP contribution in [0.25, 0.3) is 0 Å². The number of hydrogen-bond acceptors (Lipinski definition) is 4. The maximum Gasteiger partial charge on any atom is 0.220 e. The van der Waals surface area contributed by atoms with Crippen molar-refractivity contribution in [3.8, 4) is 5.75 Å². The summed E-state index contributed by atoms with van der Waals surface area (Å²) in [6.45, 7) is 3.53. The molecule has 1 heterocycles. The molecule has 3 rings (SSSR count). The van der Waals surface area contributed by atoms with Gasteiger partial charge in [0.1, 0.15) is 5.75 Å². The van der Waals surface area contributed by atoms with Gasteiger partial charge < -0.3 is 15.8 Å². The molecule has 1 aliphatic rings. The Bertz CT molecular complexity index is 713. The summed E-state index contributed by atoms with van der Waals surface area (Å²) in [7, 11) is 0. The largest absolute Gasteiger partial charge is 0.491 e. The molecule has 0 unspecified atom stereocenters. The first kappa shape index (κ1) is 19.2. The van der Waals surface area contributed by atoms with Crippen molar-refractivity contribution in [1.82, 2.24) is 10.2 Å². The molecule has 2 aromatic carbocycles. The molecule has 0 spiro atoms. The maximum atomic E-state index is 12.2. The van der Waals surface area contributed by atoms with Gasteiger partial charge in [0.25, 0.3) is 0 Å². The fourth-order valence-electron chi connectivity index (χ4n) is 3.40. The number of anilines is 1. The molecule has 1 saturated heterocycles. The molecule has 0 atom stereocenters. The lowest BCUT2D eigenvalue weighted by Crippen LogP contribution is -2.44. The molecule has 3 N–H and O–H groups in total. The van der Waals surface area contributed by atoms with E-state index in [2.05, 4.69) is 34.5 Å². The number of para-hydroxylation sites is 2. The van der Waals surface area contributed by atoms with E-state index in [0.29, 0.717) is 30.9 Å². The lowest BCUT2D eigenvalue weighted by atomic mass is 10.0. The monoisotopic (exact) mass is 367 g/mol. The van der Waals surface area contributed by atoms with Crippen molar-refractivity contribution in [1.29, 1.82) is 0 Å². The zero-order valence-electron chi connectivity index (χ0n) is 15.8. The summed E-state index contributed by atoms with van der Waals surface area (Å²) in [6, 6.07) is 18.3. The molecule has 0 aromatic heterocycles. The third-order valence-electron chi connectivity index (χ3n) is 4.93. The second kappa shape index (κ2) is 9.97. The number of nitrogen functional groups attached to an aromatic ring is 1. The van der Waals surface area contributed by atoms with Gasteiger partial charge in [-0.2, -0.15) is 0 Å². The van der Waals surface area contributed by atoms with Crippen molar-refractivity contribution in [3.05, 3.63) is 60.2 Å². The van der Waals surface area contributed by atoms with Crippen LogP contribution in [0.3, 0.4) is 0 Å². The summed E-state index contributed by atoms with van der Waals surface area (Å²) in [5, 5.41) is 3.17. The van der Waals surface area contributed by atoms with Gasteiger partial charge in [-0.25, -0.2) is 0 Å². The zero-order valence-corrected chi connectivity index (χ0v) is 15.8. The Morgan fingerprint density at radius 3 is 2.52 bits per heavy atom. The number of nitrogens with zero attached hydrogens (tertiary/aromatic N) is 1. The Kier molecular flexibility index (Phi) is 7.11. The second-order valence-corrected chi connectivity index (χ2v) is 7.09. The summed E-state index contributed by atoms with van der Waals surface area (Å²) in [4.78, 5) is 14.6. The van der Waals surface area contributed by atoms with Crippen molar-refractivity contribution in [2.75, 3.05) is 25.4 Å². The highest BCUT2D eigenvalue weighted by Crippen LogP contribution is 2.20. The number of hydrogen-bond donors (Lipinski definition) is 2. The predicted molar refractivity (Wildman–Crippen MR) is 108 cm³/mol. The van der Waals surface area contributed by atoms with Crippen molar-refractivity contribution >= 4 is 11.6 Å². The molecular formula is C22H29N3O2. The van der Waals surface area contributed by atoms with Gasteiger partial charge in [-0.3, -0.25) is 9.69 Å². The van der Waals surface area contributed by atoms with Gasteiger partial charge in [0.2, 0.25) is 5.91 Å². The highest BCUT2D eigenvalue weighted by Gasteiger charge is 2.20. The summed E-state index contributed by atoms with van der Waals surface area (Å²) >= 11 is 0. The Morgan fingerprint density at radius 1 is 1.07 bits per heavy atom. The topological polar surface area (TPSA) is 67.6 Å². The van der Waals surface area contributed by atoms with Gasteiger partial charge in [-0.1, -0.05) is 42.5 Å². The number of benzene rings is 2. The molecule has 5 heteroatoms. The first-order chi connectivity index (χ1) is 13.2. The van der Waals surface area contributed by atoms with E-state index in [0.717, 1.165) is 32.5 Å². The van der Waals surface area contributed by atoms with Crippen LogP contribution in [-0.4, -0.2) is 36.5 Å². The standard InChI is InChI=1S/C22H29N3O2/c23-20-9-4-5-10-21(20)27-16-6-11-22(26)24-19-12-14-25(15-13-19)17-18-7-2-1-3-8-18/h1-5,7-10,19H,6,11-17,23H2,(H,24,26). The molecule has 1 fully saturated rings. The Hall–Kier alpha value is -2.53. The van der Waals surface area contributed by atoms with Gasteiger partial charge >= 0.3 is 0 Å². The minimum Gasteiger partial charge on any atom is -0.491 e. The normalized spacial score (nSPS) is 15.4. The highest BCUT2D eigenvalue weighted by atomic mass is 16.5. The highest BCUT2D eigenvalue weighted by molar-refractivity contribution is 5.76. The fraction of sp³-hybridized carbons (Fsp3) is 0.409. The van der Waals surface area contributed by atoms with E-state index < -0.39 is 0 Å². The summed E-state index contributed by atoms with van der Waals surface area (Å²) in [5.41, 5.74) is 7.81. The first-order valence-corrected chi connectivity index (χ1v) is 9.73. The molecule has 144 valence electrons. The van der Waals surface area contributed by atoms with Crippen LogP contribution in [0.4, 0.5) is 5.69 Å². The van der Waals surface area contributed by atoms with Crippen molar-refractivity contribution in [2.24, 2.45) is 0 Å². The van der Waals surface area contributed by atoms with Crippen molar-refractivity contribution in [2.45, 2.75) is 38.3 Å². The van der Waals surface area contributed by atoms with Crippen LogP contribution in [0, 0.1) is 0 Å². The SMILES string of the molecule is Nc1ccccc1OCCCC(=O)NC1CCN(Cc2ccccc2)CC1. The van der Waals surface area contributed by atoms with Gasteiger partial charge in [-0.05, 0) is 37.0 Å². The Morgan fingerprint density at radius 2 is 1.78 bits per heavy atom. The summed E-state index contributed by atoms with van der Waals surface area (Å²) in [5.74, 6) is 0.796. The lowest BCUT2D eigenvalue weighted by Gasteiger charge is -2.32. The van der Waals surface area contributed by atoms with Gasteiger partial charge in [-0.15, -0.1) is 0 Å². The van der Waals surface area contributed by atoms with E-state index in [1.807, 2.05) is 30.3 Å². The van der Waals surface area contributed by atoms with Crippen molar-refractivity contribution < 1.29 is 9.53 Å². The molecule has 27 heavy (non-hydrogen) atoms. The first-order valence-electron chi connectivity index (χ1n) is 9.73. The fourth-order valence-corrected chi connectivity index (χ4v) is 3.40. The van der Waals surface area contributed by atoms with Crippen LogP contribution in [-0.2, 0) is 11.3 Å². The van der Waals surface area contributed by atoms with E-state index in [4.69, 9.17) is 10.5 Å². The Balaban J connectivity index is 1.29. The molecule has 1 amide bonds. The number of carbonyl (C=O) groups is 1. The van der Waals surface area contributed by atoms with Gasteiger partial charge in [0.05, 0.1) is 12.3 Å². The summed E-state index contributed by atoms with van der Waals surface area (Å²) in [6.07, 6.45) is 3.19. The molecule has 0 bridgehead atoms. The average molecular weight is 367 g/mol. The minimum atomic E-state index is 0.112. The van der Waals surface area contributed by atoms with Crippen LogP contribution in [0.1, 0.15) is 31.2 Å². The van der Waals surface area contributed by atoms with Crippen LogP contribution in [0.15, 0.2) is 54.6 Å². The second-order valence-electron chi connectivity index (χ2n) is 7.09. The minimum absolute atomic E-state index is 0.112. The number of carbonyl (C=O) groups excluding carboxylic acids is 1. The molecule has 0 aliphatic carbocycles. The van der Waals surface area contributed by atoms with E-state index in [9.17, 15) is 4.79 Å². The molecule has 0 saturated carbocycles. The quantitative estimate of drug-likeness (QED) is 0.555. The number of likely N-dealkylation sites (tertiary alicyclic amines) is 1. The van der Waals surface area contributed by atoms with Gasteiger partial charge in [0, 0.05) is 32.1 Å². The Labute approximate surface area is 161 Å². The third kappa shape index (κ3) is 6.29. The molecule has 2 aromatic rings. The van der Waals surface area contributed by atoms with E-state index in [-0.39, 0.29) is 11.9 Å². The van der Waals surface area contributed by atoms with Crippen molar-refractivity contribution in [3.63, 3.8) is 0 Å². The van der Waals surface area contributed by atoms with Gasteiger partial charge in [0.15, 0.2) is 0 Å². The van der Waals surface area contributed by atoms with E-state index >= 15 is 0 Å². The number of rotatable bonds is 8. The average Bonchev–Trinajstić information content (AvgIpc) is 2.69. The maximum absolute atomic E-state index is 12.2. The number of nitrogens with two attached hydrogens (primary N) is 1. The zero-order chi connectivity index (χ0) is 18.9. The molecule has 5 nitrogen and oxygen atoms in total. The van der Waals surface area contributed by atoms with E-state index in [1.165, 1.54) is 5.56 Å². The summed E-state index contributed by atoms with van der Waals surface area (Å²) < 4.78 is 5.64. The smallest absolute Gasteiger partial charge is 0.220 e. The number of amides is 1. The predicted octanol–water partition coefficient (Wildman–Crippen LogP) is 3.21. The number of ether oxygens (including phenoxy) is 1. The van der Waals surface area contributed by atoms with Crippen LogP contribution < -0.4 is 15.8 Å². The number of piperidine rings is 1.